The fourth-order valence-electron chi connectivity index (χ4n) is 2.97. The number of rotatable bonds is 4. The lowest BCUT2D eigenvalue weighted by molar-refractivity contribution is -0.384. The summed E-state index contributed by atoms with van der Waals surface area (Å²) in [6.07, 6.45) is 4.63. The summed E-state index contributed by atoms with van der Waals surface area (Å²) in [6.45, 7) is 1.91. The largest absolute Gasteiger partial charge is 0.345 e. The number of fused-ring (bicyclic) bond motifs is 1. The Bertz CT molecular complexity index is 803. The van der Waals surface area contributed by atoms with E-state index >= 15 is 0 Å². The number of aryl methyl sites for hydroxylation is 2. The fraction of sp³-hybridized carbons (Fsp3) is 0.353. The summed E-state index contributed by atoms with van der Waals surface area (Å²) >= 11 is 6.74. The van der Waals surface area contributed by atoms with Gasteiger partial charge in [0.15, 0.2) is 4.34 Å². The highest BCUT2D eigenvalue weighted by atomic mass is 35.5. The molecule has 0 saturated carbocycles. The average molecular weight is 365 g/mol. The summed E-state index contributed by atoms with van der Waals surface area (Å²) in [4.78, 5) is 22.8. The van der Waals surface area contributed by atoms with Crippen molar-refractivity contribution in [3.63, 3.8) is 0 Å². The van der Waals surface area contributed by atoms with Crippen molar-refractivity contribution in [2.75, 3.05) is 0 Å². The third-order valence-electron chi connectivity index (χ3n) is 4.31. The smallest absolute Gasteiger partial charge is 0.299 e. The Labute approximate surface area is 148 Å². The zero-order chi connectivity index (χ0) is 17.3. The molecule has 1 N–H and O–H groups in total. The standard InChI is InChI=1S/C17H17ClN2O3S/c1-10(12-7-6-11-4-2-3-5-13(11)8-12)19-17(21)15-9-14(20(22)23)16(18)24-15/h6-10H,2-5H2,1H3,(H,19,21). The van der Waals surface area contributed by atoms with Gasteiger partial charge in [0.05, 0.1) is 11.0 Å². The van der Waals surface area contributed by atoms with E-state index in [9.17, 15) is 14.9 Å². The Morgan fingerprint density at radius 1 is 1.29 bits per heavy atom. The topological polar surface area (TPSA) is 72.2 Å². The SMILES string of the molecule is CC(NC(=O)c1cc([N+](=O)[O-])c(Cl)s1)c1ccc2c(c1)CCCC2. The van der Waals surface area contributed by atoms with Crippen LogP contribution in [0.25, 0.3) is 0 Å². The number of carbonyl (C=O) groups is 1. The van der Waals surface area contributed by atoms with Crippen molar-refractivity contribution in [3.05, 3.63) is 60.3 Å². The number of amides is 1. The maximum Gasteiger partial charge on any atom is 0.299 e. The van der Waals surface area contributed by atoms with E-state index in [1.807, 2.05) is 13.0 Å². The van der Waals surface area contributed by atoms with Crippen LogP contribution >= 0.6 is 22.9 Å². The lowest BCUT2D eigenvalue weighted by Gasteiger charge is -2.19. The van der Waals surface area contributed by atoms with Crippen LogP contribution in [0.1, 0.15) is 52.2 Å². The van der Waals surface area contributed by atoms with Gasteiger partial charge in [-0.25, -0.2) is 0 Å². The molecule has 0 spiro atoms. The van der Waals surface area contributed by atoms with Crippen molar-refractivity contribution in [2.24, 2.45) is 0 Å². The first kappa shape index (κ1) is 16.9. The lowest BCUT2D eigenvalue weighted by Crippen LogP contribution is -2.26. The minimum Gasteiger partial charge on any atom is -0.345 e. The first-order valence-electron chi connectivity index (χ1n) is 7.82. The van der Waals surface area contributed by atoms with Crippen molar-refractivity contribution in [3.8, 4) is 0 Å². The summed E-state index contributed by atoms with van der Waals surface area (Å²) in [7, 11) is 0. The quantitative estimate of drug-likeness (QED) is 0.632. The number of halogens is 1. The molecule has 1 amide bonds. The van der Waals surface area contributed by atoms with Crippen molar-refractivity contribution < 1.29 is 9.72 Å². The number of hydrogen-bond donors (Lipinski definition) is 1. The molecule has 1 unspecified atom stereocenters. The molecule has 7 heteroatoms. The maximum atomic E-state index is 12.3. The highest BCUT2D eigenvalue weighted by molar-refractivity contribution is 7.18. The molecule has 1 aromatic heterocycles. The molecule has 0 aliphatic heterocycles. The molecular weight excluding hydrogens is 348 g/mol. The van der Waals surface area contributed by atoms with Crippen molar-refractivity contribution in [1.82, 2.24) is 5.32 Å². The van der Waals surface area contributed by atoms with Crippen molar-refractivity contribution in [1.29, 1.82) is 0 Å². The molecule has 0 fully saturated rings. The van der Waals surface area contributed by atoms with E-state index in [-0.39, 0.29) is 26.8 Å². The molecule has 3 rings (SSSR count). The second-order valence-corrected chi connectivity index (χ2v) is 7.61. The number of nitrogens with one attached hydrogen (secondary N) is 1. The first-order valence-corrected chi connectivity index (χ1v) is 9.01. The Kier molecular flexibility index (Phi) is 4.87. The summed E-state index contributed by atoms with van der Waals surface area (Å²) in [5, 5.41) is 13.7. The predicted octanol–water partition coefficient (Wildman–Crippen LogP) is 4.68. The van der Waals surface area contributed by atoms with Gasteiger partial charge in [0.2, 0.25) is 0 Å². The highest BCUT2D eigenvalue weighted by Crippen LogP contribution is 2.34. The molecule has 2 aromatic rings. The van der Waals surface area contributed by atoms with Gasteiger partial charge >= 0.3 is 0 Å². The van der Waals surface area contributed by atoms with E-state index in [0.29, 0.717) is 0 Å². The minimum atomic E-state index is -0.581. The van der Waals surface area contributed by atoms with E-state index in [0.717, 1.165) is 29.7 Å². The minimum absolute atomic E-state index is 0.0200. The summed E-state index contributed by atoms with van der Waals surface area (Å²) in [6, 6.07) is 7.38. The molecule has 24 heavy (non-hydrogen) atoms. The monoisotopic (exact) mass is 364 g/mol. The molecule has 1 heterocycles. The van der Waals surface area contributed by atoms with Crippen LogP contribution in [0.4, 0.5) is 5.69 Å². The average Bonchev–Trinajstić information content (AvgIpc) is 2.96. The fourth-order valence-corrected chi connectivity index (χ4v) is 4.10. The van der Waals surface area contributed by atoms with E-state index in [2.05, 4.69) is 17.4 Å². The van der Waals surface area contributed by atoms with E-state index in [1.165, 1.54) is 30.0 Å². The molecule has 1 aromatic carbocycles. The van der Waals surface area contributed by atoms with Crippen LogP contribution in [-0.4, -0.2) is 10.8 Å². The number of nitrogens with zero attached hydrogens (tertiary/aromatic N) is 1. The summed E-state index contributed by atoms with van der Waals surface area (Å²) in [5.74, 6) is -0.347. The highest BCUT2D eigenvalue weighted by Gasteiger charge is 2.22. The number of benzene rings is 1. The van der Waals surface area contributed by atoms with Gasteiger partial charge in [-0.2, -0.15) is 0 Å². The number of nitro groups is 1. The Morgan fingerprint density at radius 3 is 2.67 bits per heavy atom. The third-order valence-corrected chi connectivity index (χ3v) is 5.65. The Morgan fingerprint density at radius 2 is 2.00 bits per heavy atom. The van der Waals surface area contributed by atoms with Crippen LogP contribution in [0.2, 0.25) is 4.34 Å². The Hall–Kier alpha value is -1.92. The number of hydrogen-bond acceptors (Lipinski definition) is 4. The lowest BCUT2D eigenvalue weighted by atomic mass is 9.89. The molecule has 1 aliphatic carbocycles. The molecular formula is C17H17ClN2O3S. The molecule has 1 aliphatic rings. The van der Waals surface area contributed by atoms with Crippen LogP contribution < -0.4 is 5.32 Å². The van der Waals surface area contributed by atoms with Gasteiger partial charge in [0.1, 0.15) is 4.88 Å². The van der Waals surface area contributed by atoms with Gasteiger partial charge < -0.3 is 5.32 Å². The van der Waals surface area contributed by atoms with Crippen LogP contribution in [0.3, 0.4) is 0 Å². The Balaban J connectivity index is 1.74. The van der Waals surface area contributed by atoms with Crippen LogP contribution in [0, 0.1) is 10.1 Å². The number of carbonyl (C=O) groups excluding carboxylic acids is 1. The van der Waals surface area contributed by atoms with Gasteiger partial charge in [-0.1, -0.05) is 29.8 Å². The van der Waals surface area contributed by atoms with Crippen LogP contribution in [-0.2, 0) is 12.8 Å². The maximum absolute atomic E-state index is 12.3. The summed E-state index contributed by atoms with van der Waals surface area (Å²) in [5.41, 5.74) is 3.56. The molecule has 1 atom stereocenters. The zero-order valence-corrected chi connectivity index (χ0v) is 14.7. The van der Waals surface area contributed by atoms with Crippen LogP contribution in [0.15, 0.2) is 24.3 Å². The first-order chi connectivity index (χ1) is 11.5. The van der Waals surface area contributed by atoms with Crippen LogP contribution in [0.5, 0.6) is 0 Å². The molecule has 0 bridgehead atoms. The molecule has 5 nitrogen and oxygen atoms in total. The zero-order valence-electron chi connectivity index (χ0n) is 13.2. The van der Waals surface area contributed by atoms with E-state index in [1.54, 1.807) is 0 Å². The van der Waals surface area contributed by atoms with Crippen molar-refractivity contribution >= 4 is 34.5 Å². The van der Waals surface area contributed by atoms with Gasteiger partial charge in [0, 0.05) is 6.07 Å². The summed E-state index contributed by atoms with van der Waals surface area (Å²) < 4.78 is 0.0200. The second-order valence-electron chi connectivity index (χ2n) is 5.96. The number of thiophene rings is 1. The molecule has 0 radical (unpaired) electrons. The van der Waals surface area contributed by atoms with E-state index < -0.39 is 4.92 Å². The van der Waals surface area contributed by atoms with Gasteiger partial charge in [-0.15, -0.1) is 11.3 Å². The normalized spacial score (nSPS) is 14.8. The van der Waals surface area contributed by atoms with Gasteiger partial charge in [0.25, 0.3) is 11.6 Å². The second kappa shape index (κ2) is 6.91. The van der Waals surface area contributed by atoms with Gasteiger partial charge in [-0.3, -0.25) is 14.9 Å². The third kappa shape index (κ3) is 3.44. The molecule has 0 saturated heterocycles. The van der Waals surface area contributed by atoms with E-state index in [4.69, 9.17) is 11.6 Å². The van der Waals surface area contributed by atoms with Gasteiger partial charge in [-0.05, 0) is 49.3 Å². The molecule has 126 valence electrons. The van der Waals surface area contributed by atoms with Crippen molar-refractivity contribution in [2.45, 2.75) is 38.6 Å². The predicted molar refractivity (Wildman–Crippen MR) is 94.9 cm³/mol.